The number of nitrogens with zero attached hydrogens (tertiary/aromatic N) is 1. The number of hydrogen-bond acceptors (Lipinski definition) is 8. The maximum Gasteiger partial charge on any atom is 0.475 e. The summed E-state index contributed by atoms with van der Waals surface area (Å²) in [7, 11) is -3.95. The number of phosphoric acid groups is 1. The van der Waals surface area contributed by atoms with Crippen LogP contribution in [0.3, 0.4) is 0 Å². The number of phosphoric ester groups is 1. The van der Waals surface area contributed by atoms with Gasteiger partial charge in [-0.3, -0.25) is 32.3 Å². The van der Waals surface area contributed by atoms with Crippen molar-refractivity contribution in [3.05, 3.63) is 33.1 Å². The van der Waals surface area contributed by atoms with Crippen LogP contribution in [0.15, 0.2) is 21.9 Å². The van der Waals surface area contributed by atoms with Crippen molar-refractivity contribution in [2.75, 3.05) is 13.3 Å². The summed E-state index contributed by atoms with van der Waals surface area (Å²) >= 11 is 0. The lowest BCUT2D eigenvalue weighted by Crippen LogP contribution is -2.36. The van der Waals surface area contributed by atoms with Crippen molar-refractivity contribution in [3.63, 3.8) is 0 Å². The lowest BCUT2D eigenvalue weighted by molar-refractivity contribution is -0.0564. The molecule has 0 unspecified atom stereocenters. The van der Waals surface area contributed by atoms with Gasteiger partial charge < -0.3 is 9.84 Å². The minimum absolute atomic E-state index is 0.392. The van der Waals surface area contributed by atoms with Crippen LogP contribution in [0, 0.1) is 5.92 Å². The number of nitrogens with one attached hydrogen (secondary N) is 1. The molecule has 1 fully saturated rings. The normalized spacial score (nSPS) is 25.7. The van der Waals surface area contributed by atoms with E-state index >= 15 is 0 Å². The van der Waals surface area contributed by atoms with E-state index in [1.54, 1.807) is 27.7 Å². The molecule has 2 heterocycles. The minimum atomic E-state index is -3.95. The molecule has 0 aliphatic carbocycles. The second-order valence-corrected chi connectivity index (χ2v) is 8.52. The van der Waals surface area contributed by atoms with Crippen LogP contribution in [0.25, 0.3) is 0 Å². The molecule has 1 saturated heterocycles. The number of aliphatic hydroxyl groups excluding tert-OH is 1. The number of halogens is 1. The molecule has 1 aliphatic heterocycles. The van der Waals surface area contributed by atoms with E-state index in [4.69, 9.17) is 18.3 Å². The highest BCUT2D eigenvalue weighted by atomic mass is 31.2. The van der Waals surface area contributed by atoms with Crippen LogP contribution in [0.1, 0.15) is 33.9 Å². The fourth-order valence-electron chi connectivity index (χ4n) is 2.77. The topological polar surface area (TPSA) is 129 Å². The Morgan fingerprint density at radius 1 is 1.29 bits per heavy atom. The number of H-pyrrole nitrogens is 1. The van der Waals surface area contributed by atoms with E-state index in [1.807, 2.05) is 4.98 Å². The van der Waals surface area contributed by atoms with Crippen molar-refractivity contribution < 1.29 is 32.4 Å². The van der Waals surface area contributed by atoms with E-state index < -0.39 is 68.9 Å². The van der Waals surface area contributed by atoms with Gasteiger partial charge in [0.25, 0.3) is 5.56 Å². The first kappa shape index (κ1) is 22.9. The molecule has 1 aliphatic rings. The first-order valence-corrected chi connectivity index (χ1v) is 10.3. The number of rotatable bonds is 9. The van der Waals surface area contributed by atoms with Gasteiger partial charge in [-0.25, -0.2) is 9.36 Å². The monoisotopic (exact) mass is 424 g/mol. The number of alkyl halides is 1. The molecule has 160 valence electrons. The quantitative estimate of drug-likeness (QED) is 0.569. The van der Waals surface area contributed by atoms with E-state index in [2.05, 4.69) is 0 Å². The van der Waals surface area contributed by atoms with Crippen molar-refractivity contribution in [3.8, 4) is 0 Å². The molecule has 1 aromatic heterocycles. The molecular formula is C16H26FN2O8P. The fraction of sp³-hybridized carbons (Fsp3) is 0.750. The van der Waals surface area contributed by atoms with Crippen molar-refractivity contribution in [1.82, 2.24) is 9.55 Å². The summed E-state index contributed by atoms with van der Waals surface area (Å²) in [4.78, 5) is 25.2. The van der Waals surface area contributed by atoms with E-state index in [0.717, 1.165) is 16.8 Å². The van der Waals surface area contributed by atoms with Gasteiger partial charge >= 0.3 is 13.5 Å². The second-order valence-electron chi connectivity index (χ2n) is 6.94. The fourth-order valence-corrected chi connectivity index (χ4v) is 4.30. The summed E-state index contributed by atoms with van der Waals surface area (Å²) in [5.41, 5.74) is -1.43. The molecule has 0 radical (unpaired) electrons. The lowest BCUT2D eigenvalue weighted by atomic mass is 10.00. The predicted molar refractivity (Wildman–Crippen MR) is 96.7 cm³/mol. The minimum Gasteiger partial charge on any atom is -0.388 e. The molecule has 1 aromatic rings. The Kier molecular flexibility index (Phi) is 7.72. The van der Waals surface area contributed by atoms with Gasteiger partial charge in [-0.2, -0.15) is 0 Å². The molecule has 12 heteroatoms. The van der Waals surface area contributed by atoms with Gasteiger partial charge in [0.05, 0.1) is 31.6 Å². The molecule has 10 nitrogen and oxygen atoms in total. The van der Waals surface area contributed by atoms with Crippen LogP contribution in [-0.4, -0.2) is 52.4 Å². The van der Waals surface area contributed by atoms with Gasteiger partial charge in [-0.1, -0.05) is 0 Å². The maximum atomic E-state index is 13.5. The smallest absolute Gasteiger partial charge is 0.388 e. The Morgan fingerprint density at radius 3 is 2.39 bits per heavy atom. The molecule has 28 heavy (non-hydrogen) atoms. The van der Waals surface area contributed by atoms with Crippen LogP contribution >= 0.6 is 7.82 Å². The zero-order chi connectivity index (χ0) is 21.1. The van der Waals surface area contributed by atoms with Crippen molar-refractivity contribution in [2.45, 2.75) is 58.3 Å². The SMILES string of the molecule is CC(C)OP(=O)(OC[C@H]1O[C@@H](n2ccc(=O)[nH]c2=O)[C@H](O)[C@@H]1CF)OC(C)C. The molecule has 0 bridgehead atoms. The molecule has 0 amide bonds. The average Bonchev–Trinajstić information content (AvgIpc) is 2.87. The van der Waals surface area contributed by atoms with Gasteiger partial charge in [0.1, 0.15) is 6.10 Å². The molecular weight excluding hydrogens is 398 g/mol. The van der Waals surface area contributed by atoms with Crippen LogP contribution in [0.2, 0.25) is 0 Å². The van der Waals surface area contributed by atoms with E-state index in [1.165, 1.54) is 0 Å². The summed E-state index contributed by atoms with van der Waals surface area (Å²) in [6, 6.07) is 1.08. The summed E-state index contributed by atoms with van der Waals surface area (Å²) < 4.78 is 48.6. The second kappa shape index (κ2) is 9.43. The Morgan fingerprint density at radius 2 is 1.89 bits per heavy atom. The van der Waals surface area contributed by atoms with Gasteiger partial charge in [0, 0.05) is 18.2 Å². The van der Waals surface area contributed by atoms with Crippen LogP contribution in [-0.2, 0) is 22.9 Å². The third kappa shape index (κ3) is 5.59. The van der Waals surface area contributed by atoms with Gasteiger partial charge in [0.15, 0.2) is 6.23 Å². The summed E-state index contributed by atoms with van der Waals surface area (Å²) in [5, 5.41) is 10.4. The first-order chi connectivity index (χ1) is 13.1. The highest BCUT2D eigenvalue weighted by Crippen LogP contribution is 2.52. The largest absolute Gasteiger partial charge is 0.475 e. The Hall–Kier alpha value is -1.36. The number of aromatic nitrogens is 2. The molecule has 0 aromatic carbocycles. The third-order valence-corrected chi connectivity index (χ3v) is 5.73. The van der Waals surface area contributed by atoms with E-state index in [-0.39, 0.29) is 0 Å². The highest BCUT2D eigenvalue weighted by Gasteiger charge is 2.46. The molecule has 0 spiro atoms. The summed E-state index contributed by atoms with van der Waals surface area (Å²) in [5.74, 6) is -1.05. The average molecular weight is 424 g/mol. The summed E-state index contributed by atoms with van der Waals surface area (Å²) in [6.07, 6.45) is -3.42. The standard InChI is InChI=1S/C16H26FN2O8P/c1-9(2)26-28(23,27-10(3)4)24-8-12-11(7-17)14(21)15(25-12)19-6-5-13(20)18-16(19)22/h5-6,9-12,14-15,21H,7-8H2,1-4H3,(H,18,20,22)/t11-,12-,14-,15-/m1/s1. The molecule has 2 rings (SSSR count). The highest BCUT2D eigenvalue weighted by molar-refractivity contribution is 7.48. The van der Waals surface area contributed by atoms with E-state index in [0.29, 0.717) is 0 Å². The summed E-state index contributed by atoms with van der Waals surface area (Å²) in [6.45, 7) is 5.25. The first-order valence-electron chi connectivity index (χ1n) is 8.88. The van der Waals surface area contributed by atoms with Gasteiger partial charge in [0.2, 0.25) is 0 Å². The number of ether oxygens (including phenoxy) is 1. The Labute approximate surface area is 161 Å². The third-order valence-electron chi connectivity index (χ3n) is 3.90. The zero-order valence-electron chi connectivity index (χ0n) is 16.1. The number of aliphatic hydroxyl groups is 1. The Balaban J connectivity index is 2.17. The number of aromatic amines is 1. The van der Waals surface area contributed by atoms with Crippen molar-refractivity contribution in [1.29, 1.82) is 0 Å². The van der Waals surface area contributed by atoms with Gasteiger partial charge in [-0.05, 0) is 27.7 Å². The van der Waals surface area contributed by atoms with Crippen LogP contribution in [0.5, 0.6) is 0 Å². The molecule has 2 N–H and O–H groups in total. The molecule has 0 saturated carbocycles. The zero-order valence-corrected chi connectivity index (χ0v) is 17.0. The molecule has 4 atom stereocenters. The van der Waals surface area contributed by atoms with E-state index in [9.17, 15) is 23.7 Å². The predicted octanol–water partition coefficient (Wildman–Crippen LogP) is 1.36. The number of hydrogen-bond donors (Lipinski definition) is 2. The lowest BCUT2D eigenvalue weighted by Gasteiger charge is -2.24. The van der Waals surface area contributed by atoms with Crippen LogP contribution in [0.4, 0.5) is 4.39 Å². The van der Waals surface area contributed by atoms with Crippen LogP contribution < -0.4 is 11.2 Å². The maximum absolute atomic E-state index is 13.5. The Bertz CT molecular complexity index is 796. The van der Waals surface area contributed by atoms with Crippen molar-refractivity contribution >= 4 is 7.82 Å². The van der Waals surface area contributed by atoms with Crippen molar-refractivity contribution in [2.24, 2.45) is 5.92 Å². The van der Waals surface area contributed by atoms with Gasteiger partial charge in [-0.15, -0.1) is 0 Å².